The molecule has 0 aliphatic rings. The number of hydrogen-bond acceptors (Lipinski definition) is 8. The van der Waals surface area contributed by atoms with E-state index in [9.17, 15) is 0 Å². The van der Waals surface area contributed by atoms with Crippen LogP contribution in [0.25, 0.3) is 11.3 Å². The van der Waals surface area contributed by atoms with Gasteiger partial charge in [-0.15, -0.1) is 0 Å². The molecule has 0 radical (unpaired) electrons. The van der Waals surface area contributed by atoms with Gasteiger partial charge in [-0.1, -0.05) is 18.2 Å². The van der Waals surface area contributed by atoms with E-state index in [0.29, 0.717) is 29.5 Å². The molecule has 0 atom stereocenters. The first-order valence-corrected chi connectivity index (χ1v) is 6.13. The highest BCUT2D eigenvalue weighted by Crippen LogP contribution is 2.29. The van der Waals surface area contributed by atoms with Crippen molar-refractivity contribution >= 4 is 28.6 Å². The second-order valence-corrected chi connectivity index (χ2v) is 4.03. The Morgan fingerprint density at radius 1 is 1.15 bits per heavy atom. The molecule has 0 spiro atoms. The summed E-state index contributed by atoms with van der Waals surface area (Å²) in [6.07, 6.45) is 0. The van der Waals surface area contributed by atoms with E-state index in [2.05, 4.69) is 30.3 Å². The highest BCUT2D eigenvalue weighted by Gasteiger charge is 2.18. The first kappa shape index (κ1) is 12.3. The first-order valence-electron chi connectivity index (χ1n) is 6.13. The minimum absolute atomic E-state index is 0.311. The maximum Gasteiger partial charge on any atom is 0.245 e. The Morgan fingerprint density at radius 2 is 1.85 bits per heavy atom. The van der Waals surface area contributed by atoms with Gasteiger partial charge in [-0.3, -0.25) is 0 Å². The van der Waals surface area contributed by atoms with Crippen LogP contribution in [-0.2, 0) is 0 Å². The number of aromatic nitrogens is 4. The Bertz CT molecular complexity index is 712. The van der Waals surface area contributed by atoms with Crippen molar-refractivity contribution in [2.75, 3.05) is 16.9 Å². The van der Waals surface area contributed by atoms with Crippen molar-refractivity contribution in [1.29, 1.82) is 0 Å². The Labute approximate surface area is 114 Å². The van der Waals surface area contributed by atoms with E-state index < -0.39 is 0 Å². The topological polar surface area (TPSA) is 106 Å². The number of para-hydroxylation sites is 1. The average Bonchev–Trinajstić information content (AvgIpc) is 2.95. The van der Waals surface area contributed by atoms with Gasteiger partial charge in [0.2, 0.25) is 11.3 Å². The molecular weight excluding hydrogens is 258 g/mol. The number of nitrogen functional groups attached to an aromatic ring is 1. The molecule has 0 amide bonds. The molecule has 0 saturated heterocycles. The number of hydrazine groups is 1. The van der Waals surface area contributed by atoms with Crippen LogP contribution in [0.4, 0.5) is 17.3 Å². The van der Waals surface area contributed by atoms with Gasteiger partial charge in [0.15, 0.2) is 11.6 Å². The molecule has 0 bridgehead atoms. The average molecular weight is 271 g/mol. The zero-order chi connectivity index (χ0) is 13.9. The van der Waals surface area contributed by atoms with Gasteiger partial charge in [-0.25, -0.2) is 15.5 Å². The van der Waals surface area contributed by atoms with E-state index >= 15 is 0 Å². The largest absolute Gasteiger partial charge is 0.323 e. The van der Waals surface area contributed by atoms with Crippen molar-refractivity contribution < 1.29 is 4.63 Å². The first-order chi connectivity index (χ1) is 9.83. The van der Waals surface area contributed by atoms with Crippen molar-refractivity contribution in [3.05, 3.63) is 30.3 Å². The van der Waals surface area contributed by atoms with Crippen molar-refractivity contribution in [3.63, 3.8) is 0 Å². The molecule has 20 heavy (non-hydrogen) atoms. The van der Waals surface area contributed by atoms with Crippen molar-refractivity contribution in [3.8, 4) is 0 Å². The molecule has 3 rings (SSSR count). The van der Waals surface area contributed by atoms with Crippen LogP contribution in [0.2, 0.25) is 0 Å². The zero-order valence-electron chi connectivity index (χ0n) is 10.8. The SMILES string of the molecule is CCN(c1ccccc1)c1nc2nonc2nc1NN. The van der Waals surface area contributed by atoms with Gasteiger partial charge in [0.05, 0.1) is 0 Å². The van der Waals surface area contributed by atoms with Gasteiger partial charge >= 0.3 is 0 Å². The third-order valence-corrected chi connectivity index (χ3v) is 2.87. The smallest absolute Gasteiger partial charge is 0.245 e. The summed E-state index contributed by atoms with van der Waals surface area (Å²) in [6, 6.07) is 9.83. The fourth-order valence-electron chi connectivity index (χ4n) is 1.98. The van der Waals surface area contributed by atoms with Crippen molar-refractivity contribution in [2.45, 2.75) is 6.92 Å². The summed E-state index contributed by atoms with van der Waals surface area (Å²) in [7, 11) is 0. The number of anilines is 3. The van der Waals surface area contributed by atoms with Crippen LogP contribution in [0, 0.1) is 0 Å². The van der Waals surface area contributed by atoms with Crippen LogP contribution in [0.15, 0.2) is 35.0 Å². The van der Waals surface area contributed by atoms with E-state index in [1.807, 2.05) is 42.2 Å². The third kappa shape index (κ3) is 2.01. The molecule has 8 heteroatoms. The van der Waals surface area contributed by atoms with Gasteiger partial charge in [-0.2, -0.15) is 4.98 Å². The van der Waals surface area contributed by atoms with Crippen LogP contribution in [-0.4, -0.2) is 26.8 Å². The lowest BCUT2D eigenvalue weighted by molar-refractivity contribution is 0.314. The molecule has 0 aliphatic carbocycles. The predicted octanol–water partition coefficient (Wildman–Crippen LogP) is 1.46. The van der Waals surface area contributed by atoms with E-state index in [-0.39, 0.29) is 0 Å². The van der Waals surface area contributed by atoms with E-state index in [0.717, 1.165) is 5.69 Å². The number of nitrogens with zero attached hydrogens (tertiary/aromatic N) is 5. The molecule has 0 saturated carbocycles. The summed E-state index contributed by atoms with van der Waals surface area (Å²) >= 11 is 0. The van der Waals surface area contributed by atoms with Crippen LogP contribution in [0.3, 0.4) is 0 Å². The number of hydrogen-bond donors (Lipinski definition) is 2. The lowest BCUT2D eigenvalue weighted by Gasteiger charge is -2.23. The maximum absolute atomic E-state index is 5.52. The maximum atomic E-state index is 5.52. The van der Waals surface area contributed by atoms with E-state index in [4.69, 9.17) is 5.84 Å². The molecule has 8 nitrogen and oxygen atoms in total. The van der Waals surface area contributed by atoms with Crippen LogP contribution < -0.4 is 16.2 Å². The Morgan fingerprint density at radius 3 is 2.50 bits per heavy atom. The summed E-state index contributed by atoms with van der Waals surface area (Å²) in [5, 5.41) is 7.36. The molecule has 2 aromatic heterocycles. The highest BCUT2D eigenvalue weighted by molar-refractivity contribution is 5.77. The molecule has 3 N–H and O–H groups in total. The standard InChI is InChI=1S/C12H13N7O/c1-2-19(8-6-4-3-5-7-8)12-11(16-13)14-9-10(15-12)18-20-17-9/h3-7H,2,13H2,1H3,(H,14,16,17). The summed E-state index contributed by atoms with van der Waals surface area (Å²) in [5.74, 6) is 6.51. The van der Waals surface area contributed by atoms with Gasteiger partial charge in [-0.05, 0) is 29.4 Å². The number of rotatable bonds is 4. The third-order valence-electron chi connectivity index (χ3n) is 2.87. The molecule has 0 unspecified atom stereocenters. The minimum Gasteiger partial charge on any atom is -0.323 e. The van der Waals surface area contributed by atoms with Crippen molar-refractivity contribution in [2.24, 2.45) is 5.84 Å². The summed E-state index contributed by atoms with van der Waals surface area (Å²) in [6.45, 7) is 2.71. The Kier molecular flexibility index (Phi) is 3.13. The fraction of sp³-hybridized carbons (Fsp3) is 0.167. The van der Waals surface area contributed by atoms with Crippen molar-refractivity contribution in [1.82, 2.24) is 20.3 Å². The molecule has 3 aromatic rings. The quantitative estimate of drug-likeness (QED) is 0.542. The molecule has 102 valence electrons. The zero-order valence-corrected chi connectivity index (χ0v) is 10.8. The Hall–Kier alpha value is -2.74. The molecule has 0 aliphatic heterocycles. The predicted molar refractivity (Wildman–Crippen MR) is 74.3 cm³/mol. The minimum atomic E-state index is 0.311. The number of nitrogens with two attached hydrogens (primary N) is 1. The molecule has 2 heterocycles. The molecule has 0 fully saturated rings. The van der Waals surface area contributed by atoms with Gasteiger partial charge in [0, 0.05) is 12.2 Å². The second kappa shape index (κ2) is 5.10. The lowest BCUT2D eigenvalue weighted by atomic mass is 10.3. The van der Waals surface area contributed by atoms with Crippen LogP contribution in [0.5, 0.6) is 0 Å². The summed E-state index contributed by atoms with van der Waals surface area (Å²) in [5.41, 5.74) is 4.17. The summed E-state index contributed by atoms with van der Waals surface area (Å²) < 4.78 is 4.63. The lowest BCUT2D eigenvalue weighted by Crippen LogP contribution is -2.21. The summed E-state index contributed by atoms with van der Waals surface area (Å²) in [4.78, 5) is 10.6. The monoisotopic (exact) mass is 271 g/mol. The number of benzene rings is 1. The Balaban J connectivity index is 2.15. The van der Waals surface area contributed by atoms with Gasteiger partial charge < -0.3 is 10.3 Å². The highest BCUT2D eigenvalue weighted by atomic mass is 16.6. The fourth-order valence-corrected chi connectivity index (χ4v) is 1.98. The van der Waals surface area contributed by atoms with Crippen LogP contribution >= 0.6 is 0 Å². The second-order valence-electron chi connectivity index (χ2n) is 4.03. The normalized spacial score (nSPS) is 10.7. The number of fused-ring (bicyclic) bond motifs is 1. The van der Waals surface area contributed by atoms with Gasteiger partial charge in [0.25, 0.3) is 0 Å². The number of nitrogens with one attached hydrogen (secondary N) is 1. The van der Waals surface area contributed by atoms with E-state index in [1.54, 1.807) is 0 Å². The van der Waals surface area contributed by atoms with Crippen LogP contribution in [0.1, 0.15) is 6.92 Å². The molecule has 1 aromatic carbocycles. The molecular formula is C12H13N7O. The van der Waals surface area contributed by atoms with E-state index in [1.165, 1.54) is 0 Å². The van der Waals surface area contributed by atoms with Gasteiger partial charge in [0.1, 0.15) is 0 Å².